The van der Waals surface area contributed by atoms with Crippen LogP contribution >= 0.6 is 0 Å². The monoisotopic (exact) mass is 612 g/mol. The van der Waals surface area contributed by atoms with Crippen LogP contribution in [0, 0.1) is 18.7 Å². The van der Waals surface area contributed by atoms with Gasteiger partial charge in [0.1, 0.15) is 17.3 Å². The second kappa shape index (κ2) is 12.5. The van der Waals surface area contributed by atoms with Crippen LogP contribution in [0.1, 0.15) is 58.7 Å². The molecule has 0 atom stereocenters. The van der Waals surface area contributed by atoms with Crippen molar-refractivity contribution in [2.45, 2.75) is 52.1 Å². The summed E-state index contributed by atoms with van der Waals surface area (Å²) in [4.78, 5) is 45.0. The minimum absolute atomic E-state index is 0.0165. The molecule has 1 aromatic carbocycles. The summed E-state index contributed by atoms with van der Waals surface area (Å²) in [5.74, 6) is 0.391. The number of carbonyl (C=O) groups is 2. The largest absolute Gasteiger partial charge is 0.355 e. The van der Waals surface area contributed by atoms with Crippen LogP contribution in [-0.2, 0) is 6.42 Å². The van der Waals surface area contributed by atoms with Crippen LogP contribution in [0.2, 0.25) is 0 Å². The summed E-state index contributed by atoms with van der Waals surface area (Å²) in [7, 11) is 3.34. The van der Waals surface area contributed by atoms with E-state index in [4.69, 9.17) is 0 Å². The van der Waals surface area contributed by atoms with Gasteiger partial charge in [-0.05, 0) is 75.3 Å². The predicted molar refractivity (Wildman–Crippen MR) is 172 cm³/mol. The van der Waals surface area contributed by atoms with Crippen LogP contribution < -0.4 is 10.2 Å². The maximum Gasteiger partial charge on any atom is 0.271 e. The molecule has 0 spiro atoms. The van der Waals surface area contributed by atoms with Gasteiger partial charge in [-0.1, -0.05) is 0 Å². The Bertz CT molecular complexity index is 1720. The fourth-order valence-corrected chi connectivity index (χ4v) is 6.66. The Morgan fingerprint density at radius 2 is 1.82 bits per heavy atom. The summed E-state index contributed by atoms with van der Waals surface area (Å²) < 4.78 is 16.4. The van der Waals surface area contributed by atoms with Gasteiger partial charge in [0, 0.05) is 70.1 Å². The van der Waals surface area contributed by atoms with Crippen molar-refractivity contribution in [2.75, 3.05) is 45.2 Å². The van der Waals surface area contributed by atoms with Crippen molar-refractivity contribution in [1.82, 2.24) is 34.6 Å². The van der Waals surface area contributed by atoms with Gasteiger partial charge < -0.3 is 19.7 Å². The van der Waals surface area contributed by atoms with Crippen LogP contribution in [0.25, 0.3) is 16.6 Å². The summed E-state index contributed by atoms with van der Waals surface area (Å²) in [5.41, 5.74) is 4.56. The predicted octanol–water partition coefficient (Wildman–Crippen LogP) is 4.25. The Labute approximate surface area is 263 Å². The lowest BCUT2D eigenvalue weighted by Gasteiger charge is -2.47. The van der Waals surface area contributed by atoms with Crippen LogP contribution in [0.5, 0.6) is 0 Å². The molecule has 10 nitrogen and oxygen atoms in total. The number of carbonyl (C=O) groups excluding carboxylic acids is 2. The van der Waals surface area contributed by atoms with Gasteiger partial charge in [-0.2, -0.15) is 0 Å². The van der Waals surface area contributed by atoms with Gasteiger partial charge >= 0.3 is 0 Å². The molecular weight excluding hydrogens is 571 g/mol. The number of pyridine rings is 1. The van der Waals surface area contributed by atoms with Crippen molar-refractivity contribution in [3.63, 3.8) is 0 Å². The lowest BCUT2D eigenvalue weighted by atomic mass is 9.88. The first-order valence-corrected chi connectivity index (χ1v) is 15.7. The van der Waals surface area contributed by atoms with Gasteiger partial charge in [-0.3, -0.25) is 24.5 Å². The molecule has 11 heteroatoms. The minimum atomic E-state index is -0.434. The van der Waals surface area contributed by atoms with E-state index < -0.39 is 5.82 Å². The van der Waals surface area contributed by atoms with Crippen LogP contribution in [0.3, 0.4) is 0 Å². The molecular formula is C34H41FN8O2. The standard InChI is InChI=1S/C34H41FN8O2/c1-21(2)40(5)34(45)27-13-25(35)6-7-29(27)43-20-24(32-22(3)14-37-16-30(32)43)12-23-18-42(19-23)26-8-10-41(11-9-26)31-17-38-15-28(39-31)33(44)36-4/h6-7,13-17,20-21,23,26H,8-12,18-19H2,1-5H3,(H,36,44). The third kappa shape index (κ3) is 6.01. The zero-order valence-corrected chi connectivity index (χ0v) is 26.6. The van der Waals surface area contributed by atoms with Gasteiger partial charge in [-0.25, -0.2) is 9.37 Å². The molecule has 1 N–H and O–H groups in total. The number of amides is 2. The molecule has 236 valence electrons. The number of nitrogens with one attached hydrogen (secondary N) is 1. The van der Waals surface area contributed by atoms with E-state index in [9.17, 15) is 14.0 Å². The number of piperidine rings is 1. The number of rotatable bonds is 8. The molecule has 0 bridgehead atoms. The van der Waals surface area contributed by atoms with Crippen LogP contribution in [0.15, 0.2) is 49.2 Å². The van der Waals surface area contributed by atoms with Gasteiger partial charge in [-0.15, -0.1) is 0 Å². The summed E-state index contributed by atoms with van der Waals surface area (Å²) in [5, 5.41) is 3.76. The van der Waals surface area contributed by atoms with E-state index in [0.29, 0.717) is 28.9 Å². The van der Waals surface area contributed by atoms with Crippen molar-refractivity contribution in [3.05, 3.63) is 77.4 Å². The third-order valence-corrected chi connectivity index (χ3v) is 9.40. The number of hydrogen-bond donors (Lipinski definition) is 1. The smallest absolute Gasteiger partial charge is 0.271 e. The number of likely N-dealkylation sites (tertiary alicyclic amines) is 1. The number of halogens is 1. The quantitative estimate of drug-likeness (QED) is 0.318. The molecule has 5 heterocycles. The number of benzene rings is 1. The van der Waals surface area contributed by atoms with E-state index in [1.54, 1.807) is 31.3 Å². The number of hydrogen-bond acceptors (Lipinski definition) is 7. The molecule has 2 amide bonds. The maximum absolute atomic E-state index is 14.4. The molecule has 0 aliphatic carbocycles. The first kappa shape index (κ1) is 30.6. The number of nitrogens with zero attached hydrogens (tertiary/aromatic N) is 7. The minimum Gasteiger partial charge on any atom is -0.355 e. The van der Waals surface area contributed by atoms with Crippen molar-refractivity contribution in [3.8, 4) is 5.69 Å². The molecule has 45 heavy (non-hydrogen) atoms. The number of fused-ring (bicyclic) bond motifs is 1. The number of anilines is 1. The van der Waals surface area contributed by atoms with E-state index >= 15 is 0 Å². The number of aromatic nitrogens is 4. The second-order valence-corrected chi connectivity index (χ2v) is 12.6. The summed E-state index contributed by atoms with van der Waals surface area (Å²) >= 11 is 0. The lowest BCUT2D eigenvalue weighted by molar-refractivity contribution is 0.0415. The topological polar surface area (TPSA) is 99.5 Å². The fourth-order valence-electron chi connectivity index (χ4n) is 6.66. The molecule has 3 aromatic heterocycles. The molecule has 0 unspecified atom stereocenters. The van der Waals surface area contributed by atoms with Gasteiger partial charge in [0.05, 0.1) is 35.4 Å². The summed E-state index contributed by atoms with van der Waals surface area (Å²) in [6, 6.07) is 4.95. The fraction of sp³-hybridized carbons (Fsp3) is 0.441. The Hall–Kier alpha value is -4.38. The molecule has 2 fully saturated rings. The van der Waals surface area contributed by atoms with Gasteiger partial charge in [0.25, 0.3) is 11.8 Å². The third-order valence-electron chi connectivity index (χ3n) is 9.40. The molecule has 0 saturated carbocycles. The molecule has 6 rings (SSSR count). The van der Waals surface area contributed by atoms with Crippen molar-refractivity contribution in [2.24, 2.45) is 5.92 Å². The van der Waals surface area contributed by atoms with E-state index in [-0.39, 0.29) is 17.9 Å². The Kier molecular flexibility index (Phi) is 8.54. The van der Waals surface area contributed by atoms with Gasteiger partial charge in [0.15, 0.2) is 0 Å². The second-order valence-electron chi connectivity index (χ2n) is 12.6. The first-order chi connectivity index (χ1) is 21.6. The van der Waals surface area contributed by atoms with Crippen molar-refractivity contribution < 1.29 is 14.0 Å². The zero-order valence-electron chi connectivity index (χ0n) is 26.6. The summed E-state index contributed by atoms with van der Waals surface area (Å²) in [6.45, 7) is 9.79. The highest BCUT2D eigenvalue weighted by Crippen LogP contribution is 2.34. The zero-order chi connectivity index (χ0) is 31.8. The van der Waals surface area contributed by atoms with E-state index in [1.165, 1.54) is 23.9 Å². The highest BCUT2D eigenvalue weighted by atomic mass is 19.1. The van der Waals surface area contributed by atoms with E-state index in [0.717, 1.165) is 67.7 Å². The van der Waals surface area contributed by atoms with E-state index in [2.05, 4.69) is 43.2 Å². The van der Waals surface area contributed by atoms with Crippen LogP contribution in [0.4, 0.5) is 10.2 Å². The Morgan fingerprint density at radius 3 is 2.53 bits per heavy atom. The first-order valence-electron chi connectivity index (χ1n) is 15.7. The highest BCUT2D eigenvalue weighted by Gasteiger charge is 2.35. The lowest BCUT2D eigenvalue weighted by Crippen LogP contribution is -2.55. The summed E-state index contributed by atoms with van der Waals surface area (Å²) in [6.07, 6.45) is 12.1. The maximum atomic E-state index is 14.4. The van der Waals surface area contributed by atoms with Crippen LogP contribution in [-0.4, -0.2) is 93.5 Å². The van der Waals surface area contributed by atoms with Crippen molar-refractivity contribution >= 4 is 28.5 Å². The molecule has 0 radical (unpaired) electrons. The van der Waals surface area contributed by atoms with Crippen molar-refractivity contribution in [1.29, 1.82) is 0 Å². The molecule has 2 aliphatic heterocycles. The molecule has 2 saturated heterocycles. The molecule has 4 aromatic rings. The average Bonchev–Trinajstić information content (AvgIpc) is 3.40. The Balaban J connectivity index is 1.16. The SMILES string of the molecule is CNC(=O)c1cncc(N2CCC(N3CC(Cc4cn(-c5ccc(F)cc5C(=O)N(C)C(C)C)c5cncc(C)c45)C3)CC2)n1. The molecule has 2 aliphatic rings. The highest BCUT2D eigenvalue weighted by molar-refractivity contribution is 5.99. The van der Waals surface area contributed by atoms with E-state index in [1.807, 2.05) is 30.8 Å². The average molecular weight is 613 g/mol. The Morgan fingerprint density at radius 1 is 1.09 bits per heavy atom. The number of aryl methyl sites for hydroxylation is 1. The normalized spacial score (nSPS) is 16.3. The van der Waals surface area contributed by atoms with Gasteiger partial charge in [0.2, 0.25) is 0 Å².